The zero-order valence-electron chi connectivity index (χ0n) is 12.9. The van der Waals surface area contributed by atoms with E-state index in [1.807, 2.05) is 19.9 Å². The number of guanidine groups is 1. The molecule has 21 heavy (non-hydrogen) atoms. The van der Waals surface area contributed by atoms with Crippen LogP contribution in [-0.4, -0.2) is 39.4 Å². The van der Waals surface area contributed by atoms with E-state index < -0.39 is 0 Å². The minimum absolute atomic E-state index is 0.278. The van der Waals surface area contributed by atoms with E-state index in [2.05, 4.69) is 15.6 Å². The van der Waals surface area contributed by atoms with E-state index >= 15 is 0 Å². The van der Waals surface area contributed by atoms with Crippen LogP contribution in [0, 0.1) is 5.82 Å². The third-order valence-corrected chi connectivity index (χ3v) is 2.72. The molecule has 0 heterocycles. The first-order chi connectivity index (χ1) is 10.2. The normalized spacial score (nSPS) is 11.3. The van der Waals surface area contributed by atoms with Gasteiger partial charge in [-0.25, -0.2) is 4.39 Å². The number of halogens is 1. The van der Waals surface area contributed by atoms with E-state index in [9.17, 15) is 4.39 Å². The molecule has 0 fully saturated rings. The Morgan fingerprint density at radius 3 is 2.67 bits per heavy atom. The van der Waals surface area contributed by atoms with Crippen molar-refractivity contribution in [1.29, 1.82) is 0 Å². The highest BCUT2D eigenvalue weighted by Gasteiger charge is 2.05. The first-order valence-corrected chi connectivity index (χ1v) is 7.14. The largest absolute Gasteiger partial charge is 0.491 e. The van der Waals surface area contributed by atoms with Crippen LogP contribution in [0.3, 0.4) is 0 Å². The summed E-state index contributed by atoms with van der Waals surface area (Å²) in [7, 11) is 1.69. The molecular weight excluding hydrogens is 273 g/mol. The van der Waals surface area contributed by atoms with E-state index in [1.54, 1.807) is 13.1 Å². The molecule has 0 radical (unpaired) electrons. The molecule has 0 aliphatic heterocycles. The van der Waals surface area contributed by atoms with E-state index in [1.165, 1.54) is 6.07 Å². The highest BCUT2D eigenvalue weighted by Crippen LogP contribution is 2.18. The predicted octanol–water partition coefficient (Wildman–Crippen LogP) is 1.93. The van der Waals surface area contributed by atoms with Crippen molar-refractivity contribution in [2.75, 3.05) is 33.4 Å². The molecule has 0 saturated carbocycles. The number of nitrogens with one attached hydrogen (secondary N) is 2. The topological polar surface area (TPSA) is 54.9 Å². The van der Waals surface area contributed by atoms with Crippen LogP contribution in [0.4, 0.5) is 4.39 Å². The highest BCUT2D eigenvalue weighted by molar-refractivity contribution is 5.79. The molecule has 0 saturated heterocycles. The summed E-state index contributed by atoms with van der Waals surface area (Å²) in [6, 6.07) is 4.93. The number of benzene rings is 1. The lowest BCUT2D eigenvalue weighted by molar-refractivity contribution is 0.152. The van der Waals surface area contributed by atoms with Crippen molar-refractivity contribution >= 4 is 5.96 Å². The Kier molecular flexibility index (Phi) is 8.19. The van der Waals surface area contributed by atoms with Gasteiger partial charge in [0.2, 0.25) is 0 Å². The van der Waals surface area contributed by atoms with Crippen molar-refractivity contribution < 1.29 is 13.9 Å². The van der Waals surface area contributed by atoms with Gasteiger partial charge in [-0.05, 0) is 31.5 Å². The van der Waals surface area contributed by atoms with Crippen molar-refractivity contribution in [3.63, 3.8) is 0 Å². The first-order valence-electron chi connectivity index (χ1n) is 7.14. The van der Waals surface area contributed by atoms with Gasteiger partial charge in [-0.3, -0.25) is 4.99 Å². The summed E-state index contributed by atoms with van der Waals surface area (Å²) in [4.78, 5) is 4.09. The average molecular weight is 297 g/mol. The number of hydrogen-bond acceptors (Lipinski definition) is 3. The van der Waals surface area contributed by atoms with Gasteiger partial charge in [-0.2, -0.15) is 0 Å². The Morgan fingerprint density at radius 2 is 2.05 bits per heavy atom. The summed E-state index contributed by atoms with van der Waals surface area (Å²) < 4.78 is 24.1. The molecule has 0 aliphatic carbocycles. The summed E-state index contributed by atoms with van der Waals surface area (Å²) in [5.41, 5.74) is 0.823. The van der Waals surface area contributed by atoms with Crippen LogP contribution in [0.25, 0.3) is 0 Å². The van der Waals surface area contributed by atoms with E-state index in [-0.39, 0.29) is 11.6 Å². The fraction of sp³-hybridized carbons (Fsp3) is 0.533. The number of rotatable bonds is 8. The molecule has 0 bridgehead atoms. The molecule has 0 unspecified atom stereocenters. The Labute approximate surface area is 125 Å². The van der Waals surface area contributed by atoms with E-state index in [0.717, 1.165) is 5.56 Å². The third kappa shape index (κ3) is 6.44. The standard InChI is InChI=1S/C15H24FN3O2/c1-4-20-9-8-18-15(17-3)19-11-12-6-7-14(21-5-2)13(16)10-12/h6-7,10H,4-5,8-9,11H2,1-3H3,(H2,17,18,19). The van der Waals surface area contributed by atoms with Crippen LogP contribution in [0.5, 0.6) is 5.75 Å². The maximum Gasteiger partial charge on any atom is 0.191 e. The van der Waals surface area contributed by atoms with Gasteiger partial charge in [0.15, 0.2) is 17.5 Å². The average Bonchev–Trinajstić information content (AvgIpc) is 2.49. The molecule has 0 amide bonds. The van der Waals surface area contributed by atoms with Crippen LogP contribution in [0.15, 0.2) is 23.2 Å². The van der Waals surface area contributed by atoms with Crippen LogP contribution < -0.4 is 15.4 Å². The fourth-order valence-electron chi connectivity index (χ4n) is 1.72. The van der Waals surface area contributed by atoms with Gasteiger partial charge in [0, 0.05) is 26.7 Å². The minimum Gasteiger partial charge on any atom is -0.491 e. The SMILES string of the molecule is CCOCCNC(=NC)NCc1ccc(OCC)c(F)c1. The van der Waals surface area contributed by atoms with Crippen molar-refractivity contribution in [3.05, 3.63) is 29.6 Å². The lowest BCUT2D eigenvalue weighted by atomic mass is 10.2. The van der Waals surface area contributed by atoms with Gasteiger partial charge in [0.1, 0.15) is 0 Å². The summed E-state index contributed by atoms with van der Waals surface area (Å²) in [6.45, 7) is 6.70. The molecule has 6 heteroatoms. The lowest BCUT2D eigenvalue weighted by Gasteiger charge is -2.12. The van der Waals surface area contributed by atoms with Gasteiger partial charge in [-0.15, -0.1) is 0 Å². The molecule has 0 aromatic heterocycles. The van der Waals surface area contributed by atoms with Crippen LogP contribution >= 0.6 is 0 Å². The maximum atomic E-state index is 13.7. The Morgan fingerprint density at radius 1 is 1.24 bits per heavy atom. The Bertz CT molecular complexity index is 453. The lowest BCUT2D eigenvalue weighted by Crippen LogP contribution is -2.38. The highest BCUT2D eigenvalue weighted by atomic mass is 19.1. The van der Waals surface area contributed by atoms with Crippen molar-refractivity contribution in [3.8, 4) is 5.75 Å². The fourth-order valence-corrected chi connectivity index (χ4v) is 1.72. The monoisotopic (exact) mass is 297 g/mol. The molecule has 2 N–H and O–H groups in total. The summed E-state index contributed by atoms with van der Waals surface area (Å²) in [5.74, 6) is 0.583. The molecular formula is C15H24FN3O2. The molecule has 1 rings (SSSR count). The smallest absolute Gasteiger partial charge is 0.191 e. The quantitative estimate of drug-likeness (QED) is 0.437. The van der Waals surface area contributed by atoms with Crippen molar-refractivity contribution in [1.82, 2.24) is 10.6 Å². The number of ether oxygens (including phenoxy) is 2. The minimum atomic E-state index is -0.351. The number of nitrogens with zero attached hydrogens (tertiary/aromatic N) is 1. The molecule has 0 aliphatic rings. The van der Waals surface area contributed by atoms with E-state index in [0.29, 0.717) is 38.9 Å². The first kappa shape index (κ1) is 17.2. The van der Waals surface area contributed by atoms with Crippen LogP contribution in [0.1, 0.15) is 19.4 Å². The molecule has 1 aromatic rings. The second kappa shape index (κ2) is 9.99. The Balaban J connectivity index is 2.44. The van der Waals surface area contributed by atoms with Gasteiger partial charge >= 0.3 is 0 Å². The van der Waals surface area contributed by atoms with Crippen LogP contribution in [-0.2, 0) is 11.3 Å². The van der Waals surface area contributed by atoms with Crippen LogP contribution in [0.2, 0.25) is 0 Å². The summed E-state index contributed by atoms with van der Waals surface area (Å²) in [6.07, 6.45) is 0. The zero-order chi connectivity index (χ0) is 15.5. The molecule has 118 valence electrons. The van der Waals surface area contributed by atoms with Crippen molar-refractivity contribution in [2.45, 2.75) is 20.4 Å². The van der Waals surface area contributed by atoms with Gasteiger partial charge in [-0.1, -0.05) is 6.07 Å². The van der Waals surface area contributed by atoms with Crippen molar-refractivity contribution in [2.24, 2.45) is 4.99 Å². The van der Waals surface area contributed by atoms with Gasteiger partial charge < -0.3 is 20.1 Å². The third-order valence-electron chi connectivity index (χ3n) is 2.72. The van der Waals surface area contributed by atoms with Gasteiger partial charge in [0.25, 0.3) is 0 Å². The molecule has 0 spiro atoms. The molecule has 0 atom stereocenters. The predicted molar refractivity (Wildman–Crippen MR) is 82.3 cm³/mol. The summed E-state index contributed by atoms with van der Waals surface area (Å²) >= 11 is 0. The van der Waals surface area contributed by atoms with E-state index in [4.69, 9.17) is 9.47 Å². The zero-order valence-corrected chi connectivity index (χ0v) is 12.9. The number of hydrogen-bond donors (Lipinski definition) is 2. The summed E-state index contributed by atoms with van der Waals surface area (Å²) in [5, 5.41) is 6.23. The second-order valence-corrected chi connectivity index (χ2v) is 4.25. The van der Waals surface area contributed by atoms with Gasteiger partial charge in [0.05, 0.1) is 13.2 Å². The number of aliphatic imine (C=N–C) groups is 1. The molecule has 1 aromatic carbocycles. The molecule has 5 nitrogen and oxygen atoms in total. The maximum absolute atomic E-state index is 13.7. The Hall–Kier alpha value is -1.82. The second-order valence-electron chi connectivity index (χ2n) is 4.25.